The SMILES string of the molecule is COCc1cccc(NC(=O)c2ccc(C)c(S(=O)(=O)Nc3ccccc3C)c2)c1. The van der Waals surface area contributed by atoms with E-state index in [0.29, 0.717) is 23.5 Å². The van der Waals surface area contributed by atoms with Gasteiger partial charge in [0.25, 0.3) is 15.9 Å². The molecule has 0 atom stereocenters. The van der Waals surface area contributed by atoms with Crippen LogP contribution in [0.4, 0.5) is 11.4 Å². The number of para-hydroxylation sites is 1. The van der Waals surface area contributed by atoms with Gasteiger partial charge in [-0.2, -0.15) is 0 Å². The molecule has 2 N–H and O–H groups in total. The molecule has 3 aromatic rings. The average Bonchev–Trinajstić information content (AvgIpc) is 2.70. The molecule has 0 saturated carbocycles. The van der Waals surface area contributed by atoms with Crippen LogP contribution in [0.5, 0.6) is 0 Å². The van der Waals surface area contributed by atoms with Crippen LogP contribution >= 0.6 is 0 Å². The zero-order valence-electron chi connectivity index (χ0n) is 17.1. The molecule has 6 nitrogen and oxygen atoms in total. The molecule has 156 valence electrons. The second-order valence-corrected chi connectivity index (χ2v) is 8.64. The highest BCUT2D eigenvalue weighted by Gasteiger charge is 2.20. The summed E-state index contributed by atoms with van der Waals surface area (Å²) in [6.07, 6.45) is 0. The van der Waals surface area contributed by atoms with E-state index in [1.165, 1.54) is 6.07 Å². The van der Waals surface area contributed by atoms with Crippen molar-refractivity contribution in [2.45, 2.75) is 25.3 Å². The molecular weight excluding hydrogens is 400 g/mol. The van der Waals surface area contributed by atoms with Gasteiger partial charge in [-0.1, -0.05) is 36.4 Å². The quantitative estimate of drug-likeness (QED) is 0.585. The van der Waals surface area contributed by atoms with Crippen molar-refractivity contribution in [3.8, 4) is 0 Å². The Labute approximate surface area is 177 Å². The van der Waals surface area contributed by atoms with Crippen molar-refractivity contribution in [1.82, 2.24) is 0 Å². The molecule has 0 aliphatic heterocycles. The smallest absolute Gasteiger partial charge is 0.262 e. The Morgan fingerprint density at radius 3 is 2.43 bits per heavy atom. The maximum atomic E-state index is 13.0. The van der Waals surface area contributed by atoms with Crippen LogP contribution in [0.3, 0.4) is 0 Å². The molecule has 1 amide bonds. The van der Waals surface area contributed by atoms with Crippen LogP contribution in [0.1, 0.15) is 27.0 Å². The minimum atomic E-state index is -3.86. The largest absolute Gasteiger partial charge is 0.380 e. The van der Waals surface area contributed by atoms with Crippen LogP contribution < -0.4 is 10.0 Å². The topological polar surface area (TPSA) is 84.5 Å². The molecular formula is C23H24N2O4S. The van der Waals surface area contributed by atoms with Gasteiger partial charge in [0.15, 0.2) is 0 Å². The van der Waals surface area contributed by atoms with Gasteiger partial charge in [-0.05, 0) is 60.9 Å². The van der Waals surface area contributed by atoms with Gasteiger partial charge in [0.1, 0.15) is 0 Å². The molecule has 0 heterocycles. The molecule has 0 bridgehead atoms. The molecule has 0 aliphatic carbocycles. The maximum absolute atomic E-state index is 13.0. The molecule has 0 fully saturated rings. The summed E-state index contributed by atoms with van der Waals surface area (Å²) in [6, 6.07) is 19.1. The fourth-order valence-corrected chi connectivity index (χ4v) is 4.43. The first-order valence-corrected chi connectivity index (χ1v) is 10.9. The highest BCUT2D eigenvalue weighted by atomic mass is 32.2. The van der Waals surface area contributed by atoms with Crippen LogP contribution in [0.2, 0.25) is 0 Å². The highest BCUT2D eigenvalue weighted by Crippen LogP contribution is 2.23. The van der Waals surface area contributed by atoms with Gasteiger partial charge in [-0.3, -0.25) is 9.52 Å². The predicted octanol–water partition coefficient (Wildman–Crippen LogP) is 4.50. The number of amides is 1. The first kappa shape index (κ1) is 21.5. The number of methoxy groups -OCH3 is 1. The molecule has 0 aromatic heterocycles. The number of carbonyl (C=O) groups excluding carboxylic acids is 1. The molecule has 3 aromatic carbocycles. The number of aryl methyl sites for hydroxylation is 2. The molecule has 0 spiro atoms. The Balaban J connectivity index is 1.86. The number of sulfonamides is 1. The van der Waals surface area contributed by atoms with Gasteiger partial charge >= 0.3 is 0 Å². The molecule has 0 saturated heterocycles. The van der Waals surface area contributed by atoms with Gasteiger partial charge in [0.05, 0.1) is 17.2 Å². The van der Waals surface area contributed by atoms with E-state index < -0.39 is 15.9 Å². The lowest BCUT2D eigenvalue weighted by molar-refractivity contribution is 0.102. The predicted molar refractivity (Wildman–Crippen MR) is 118 cm³/mol. The molecule has 30 heavy (non-hydrogen) atoms. The monoisotopic (exact) mass is 424 g/mol. The van der Waals surface area contributed by atoms with E-state index in [9.17, 15) is 13.2 Å². The lowest BCUT2D eigenvalue weighted by atomic mass is 10.1. The van der Waals surface area contributed by atoms with Crippen LogP contribution in [0.15, 0.2) is 71.6 Å². The first-order valence-electron chi connectivity index (χ1n) is 9.38. The lowest BCUT2D eigenvalue weighted by Crippen LogP contribution is -2.17. The minimum Gasteiger partial charge on any atom is -0.380 e. The Morgan fingerprint density at radius 1 is 0.933 bits per heavy atom. The Kier molecular flexibility index (Phi) is 6.54. The second kappa shape index (κ2) is 9.11. The zero-order valence-corrected chi connectivity index (χ0v) is 17.9. The van der Waals surface area contributed by atoms with E-state index >= 15 is 0 Å². The van der Waals surface area contributed by atoms with Crippen molar-refractivity contribution < 1.29 is 17.9 Å². The first-order chi connectivity index (χ1) is 14.3. The van der Waals surface area contributed by atoms with Crippen molar-refractivity contribution in [3.05, 3.63) is 89.0 Å². The summed E-state index contributed by atoms with van der Waals surface area (Å²) in [5.41, 5.74) is 3.64. The fraction of sp³-hybridized carbons (Fsp3) is 0.174. The molecule has 0 radical (unpaired) electrons. The van der Waals surface area contributed by atoms with Crippen LogP contribution in [0.25, 0.3) is 0 Å². The van der Waals surface area contributed by atoms with Gasteiger partial charge in [-0.25, -0.2) is 8.42 Å². The van der Waals surface area contributed by atoms with Crippen molar-refractivity contribution in [2.75, 3.05) is 17.1 Å². The summed E-state index contributed by atoms with van der Waals surface area (Å²) < 4.78 is 33.7. The number of hydrogen-bond donors (Lipinski definition) is 2. The van der Waals surface area contributed by atoms with Gasteiger partial charge in [0, 0.05) is 18.4 Å². The van der Waals surface area contributed by atoms with Gasteiger partial charge in [0.2, 0.25) is 0 Å². The molecule has 3 rings (SSSR count). The summed E-state index contributed by atoms with van der Waals surface area (Å²) in [4.78, 5) is 12.8. The minimum absolute atomic E-state index is 0.0616. The van der Waals surface area contributed by atoms with Crippen LogP contribution in [0, 0.1) is 13.8 Å². The average molecular weight is 425 g/mol. The van der Waals surface area contributed by atoms with Crippen molar-refractivity contribution >= 4 is 27.3 Å². The van der Waals surface area contributed by atoms with Gasteiger partial charge in [-0.15, -0.1) is 0 Å². The van der Waals surface area contributed by atoms with E-state index in [-0.39, 0.29) is 10.5 Å². The van der Waals surface area contributed by atoms with Crippen LogP contribution in [-0.4, -0.2) is 21.4 Å². The Bertz CT molecular complexity index is 1170. The number of benzene rings is 3. The Morgan fingerprint density at radius 2 is 1.70 bits per heavy atom. The summed E-state index contributed by atoms with van der Waals surface area (Å²) in [5, 5.41) is 2.80. The maximum Gasteiger partial charge on any atom is 0.262 e. The summed E-state index contributed by atoms with van der Waals surface area (Å²) in [6.45, 7) is 3.95. The molecule has 7 heteroatoms. The molecule has 0 unspecified atom stereocenters. The fourth-order valence-electron chi connectivity index (χ4n) is 3.03. The molecule has 0 aliphatic rings. The summed E-state index contributed by atoms with van der Waals surface area (Å²) in [5.74, 6) is -0.392. The summed E-state index contributed by atoms with van der Waals surface area (Å²) >= 11 is 0. The third kappa shape index (κ3) is 5.06. The van der Waals surface area contributed by atoms with Crippen LogP contribution in [-0.2, 0) is 21.4 Å². The number of hydrogen-bond acceptors (Lipinski definition) is 4. The number of rotatable bonds is 7. The number of carbonyl (C=O) groups is 1. The normalized spacial score (nSPS) is 11.2. The standard InChI is InChI=1S/C23H24N2O4S/c1-16-7-4-5-10-21(16)25-30(27,28)22-14-19(12-11-17(22)2)23(26)24-20-9-6-8-18(13-20)15-29-3/h4-14,25H,15H2,1-3H3,(H,24,26). The van der Waals surface area contributed by atoms with Crippen molar-refractivity contribution in [1.29, 1.82) is 0 Å². The third-order valence-electron chi connectivity index (χ3n) is 4.63. The van der Waals surface area contributed by atoms with Gasteiger partial charge < -0.3 is 10.1 Å². The second-order valence-electron chi connectivity index (χ2n) is 6.99. The van der Waals surface area contributed by atoms with E-state index in [0.717, 1.165) is 11.1 Å². The summed E-state index contributed by atoms with van der Waals surface area (Å²) in [7, 11) is -2.25. The van der Waals surface area contributed by atoms with E-state index in [4.69, 9.17) is 4.74 Å². The zero-order chi connectivity index (χ0) is 21.7. The third-order valence-corrected chi connectivity index (χ3v) is 6.13. The van der Waals surface area contributed by atoms with E-state index in [2.05, 4.69) is 10.0 Å². The van der Waals surface area contributed by atoms with Crippen molar-refractivity contribution in [2.24, 2.45) is 0 Å². The van der Waals surface area contributed by atoms with E-state index in [1.807, 2.05) is 37.3 Å². The highest BCUT2D eigenvalue weighted by molar-refractivity contribution is 7.92. The van der Waals surface area contributed by atoms with Crippen molar-refractivity contribution in [3.63, 3.8) is 0 Å². The Hall–Kier alpha value is -3.16. The van der Waals surface area contributed by atoms with E-state index in [1.54, 1.807) is 44.4 Å². The number of nitrogens with one attached hydrogen (secondary N) is 2. The number of anilines is 2. The lowest BCUT2D eigenvalue weighted by Gasteiger charge is -2.14. The number of ether oxygens (including phenoxy) is 1.